The molecule has 1 saturated carbocycles. The van der Waals surface area contributed by atoms with Gasteiger partial charge in [0.25, 0.3) is 0 Å². The molecule has 0 bridgehead atoms. The van der Waals surface area contributed by atoms with Gasteiger partial charge in [0.15, 0.2) is 0 Å². The van der Waals surface area contributed by atoms with Crippen LogP contribution < -0.4 is 5.32 Å². The van der Waals surface area contributed by atoms with Crippen molar-refractivity contribution < 1.29 is 5.11 Å². The molecule has 1 heterocycles. The molecule has 23 heavy (non-hydrogen) atoms. The Bertz CT molecular complexity index is 460. The van der Waals surface area contributed by atoms with Crippen LogP contribution in [0.5, 0.6) is 0 Å². The molecule has 128 valence electrons. The Morgan fingerprint density at radius 2 is 2.00 bits per heavy atom. The second-order valence-corrected chi connectivity index (χ2v) is 7.56. The van der Waals surface area contributed by atoms with E-state index in [0.717, 1.165) is 37.3 Å². The molecule has 1 saturated heterocycles. The lowest BCUT2D eigenvalue weighted by molar-refractivity contribution is 0.0869. The van der Waals surface area contributed by atoms with Crippen molar-refractivity contribution >= 4 is 0 Å². The Balaban J connectivity index is 1.56. The normalized spacial score (nSPS) is 27.0. The van der Waals surface area contributed by atoms with E-state index >= 15 is 0 Å². The zero-order chi connectivity index (χ0) is 16.1. The Morgan fingerprint density at radius 1 is 1.22 bits per heavy atom. The predicted molar refractivity (Wildman–Crippen MR) is 95.3 cm³/mol. The first-order valence-corrected chi connectivity index (χ1v) is 9.38. The molecule has 2 aliphatic rings. The molecule has 2 N–H and O–H groups in total. The highest BCUT2D eigenvalue weighted by Gasteiger charge is 2.36. The molecule has 3 rings (SSSR count). The van der Waals surface area contributed by atoms with Gasteiger partial charge in [-0.15, -0.1) is 0 Å². The minimum Gasteiger partial charge on any atom is -0.396 e. The van der Waals surface area contributed by atoms with Crippen LogP contribution in [-0.4, -0.2) is 41.8 Å². The first-order chi connectivity index (χ1) is 11.3. The highest BCUT2D eigenvalue weighted by Crippen LogP contribution is 2.37. The maximum atomic E-state index is 9.16. The van der Waals surface area contributed by atoms with Gasteiger partial charge in [-0.05, 0) is 56.4 Å². The third kappa shape index (κ3) is 5.03. The maximum Gasteiger partial charge on any atom is 0.0431 e. The maximum absolute atomic E-state index is 9.16. The molecule has 0 spiro atoms. The highest BCUT2D eigenvalue weighted by molar-refractivity contribution is 5.14. The van der Waals surface area contributed by atoms with Gasteiger partial charge >= 0.3 is 0 Å². The van der Waals surface area contributed by atoms with E-state index in [2.05, 4.69) is 47.5 Å². The van der Waals surface area contributed by atoms with Gasteiger partial charge in [0.1, 0.15) is 0 Å². The lowest BCUT2D eigenvalue weighted by Crippen LogP contribution is -2.52. The zero-order valence-corrected chi connectivity index (χ0v) is 14.5. The summed E-state index contributed by atoms with van der Waals surface area (Å²) in [4.78, 5) is 2.71. The molecule has 0 aromatic heterocycles. The molecular formula is C20H32N2O. The van der Waals surface area contributed by atoms with E-state index in [9.17, 15) is 0 Å². The van der Waals surface area contributed by atoms with E-state index in [1.807, 2.05) is 0 Å². The monoisotopic (exact) mass is 316 g/mol. The Morgan fingerprint density at radius 3 is 2.70 bits per heavy atom. The van der Waals surface area contributed by atoms with Crippen molar-refractivity contribution in [2.75, 3.05) is 19.7 Å². The SMILES string of the molecule is CC(C1CC1)N1CC(CCCO)CC(NCc2ccccc2)C1. The smallest absolute Gasteiger partial charge is 0.0431 e. The van der Waals surface area contributed by atoms with E-state index in [1.165, 1.54) is 37.9 Å². The van der Waals surface area contributed by atoms with E-state index in [4.69, 9.17) is 5.11 Å². The van der Waals surface area contributed by atoms with Crippen molar-refractivity contribution in [3.8, 4) is 0 Å². The number of nitrogens with one attached hydrogen (secondary N) is 1. The van der Waals surface area contributed by atoms with E-state index in [1.54, 1.807) is 0 Å². The molecule has 3 atom stereocenters. The zero-order valence-electron chi connectivity index (χ0n) is 14.5. The summed E-state index contributed by atoms with van der Waals surface area (Å²) in [6, 6.07) is 12.0. The van der Waals surface area contributed by atoms with Crippen LogP contribution >= 0.6 is 0 Å². The summed E-state index contributed by atoms with van der Waals surface area (Å²) in [5.74, 6) is 1.66. The topological polar surface area (TPSA) is 35.5 Å². The van der Waals surface area contributed by atoms with Crippen LogP contribution in [0, 0.1) is 11.8 Å². The van der Waals surface area contributed by atoms with Crippen LogP contribution in [0.3, 0.4) is 0 Å². The first-order valence-electron chi connectivity index (χ1n) is 9.38. The van der Waals surface area contributed by atoms with Gasteiger partial charge in [-0.25, -0.2) is 0 Å². The quantitative estimate of drug-likeness (QED) is 0.774. The van der Waals surface area contributed by atoms with Crippen molar-refractivity contribution in [1.82, 2.24) is 10.2 Å². The largest absolute Gasteiger partial charge is 0.396 e. The first kappa shape index (κ1) is 16.9. The van der Waals surface area contributed by atoms with Crippen LogP contribution in [0.2, 0.25) is 0 Å². The minimum absolute atomic E-state index is 0.330. The Labute approximate surface area is 141 Å². The van der Waals surface area contributed by atoms with Gasteiger partial charge in [-0.3, -0.25) is 4.90 Å². The number of benzene rings is 1. The summed E-state index contributed by atoms with van der Waals surface area (Å²) in [5, 5.41) is 12.9. The summed E-state index contributed by atoms with van der Waals surface area (Å²) in [5.41, 5.74) is 1.37. The molecule has 3 nitrogen and oxygen atoms in total. The average molecular weight is 316 g/mol. The summed E-state index contributed by atoms with van der Waals surface area (Å²) < 4.78 is 0. The van der Waals surface area contributed by atoms with E-state index < -0.39 is 0 Å². The lowest BCUT2D eigenvalue weighted by atomic mass is 9.89. The molecule has 3 unspecified atom stereocenters. The Hall–Kier alpha value is -0.900. The molecule has 3 heteroatoms. The minimum atomic E-state index is 0.330. The lowest BCUT2D eigenvalue weighted by Gasteiger charge is -2.41. The standard InChI is InChI=1S/C20H32N2O/c1-16(19-9-10-19)22-14-18(8-5-11-23)12-20(15-22)21-13-17-6-3-2-4-7-17/h2-4,6-7,16,18-21,23H,5,8-15H2,1H3. The molecule has 1 aromatic carbocycles. The fourth-order valence-corrected chi connectivity index (χ4v) is 4.05. The molecule has 0 amide bonds. The van der Waals surface area contributed by atoms with Gasteiger partial charge < -0.3 is 10.4 Å². The molecule has 0 radical (unpaired) electrons. The Kier molecular flexibility index (Phi) is 6.09. The number of piperidine rings is 1. The highest BCUT2D eigenvalue weighted by atomic mass is 16.2. The second kappa shape index (κ2) is 8.27. The summed E-state index contributed by atoms with van der Waals surface area (Å²) in [7, 11) is 0. The molecule has 2 fully saturated rings. The number of likely N-dealkylation sites (tertiary alicyclic amines) is 1. The van der Waals surface area contributed by atoms with E-state index in [0.29, 0.717) is 12.6 Å². The van der Waals surface area contributed by atoms with Crippen LogP contribution in [0.4, 0.5) is 0 Å². The average Bonchev–Trinajstić information content (AvgIpc) is 3.43. The molecule has 1 aliphatic heterocycles. The fraction of sp³-hybridized carbons (Fsp3) is 0.700. The van der Waals surface area contributed by atoms with Gasteiger partial charge in [-0.1, -0.05) is 30.3 Å². The summed E-state index contributed by atoms with van der Waals surface area (Å²) in [6.07, 6.45) is 6.19. The van der Waals surface area contributed by atoms with Gasteiger partial charge in [0.05, 0.1) is 0 Å². The number of rotatable bonds is 8. The third-order valence-electron chi connectivity index (χ3n) is 5.65. The number of hydrogen-bond donors (Lipinski definition) is 2. The van der Waals surface area contributed by atoms with Crippen LogP contribution in [0.15, 0.2) is 30.3 Å². The van der Waals surface area contributed by atoms with Crippen molar-refractivity contribution in [3.05, 3.63) is 35.9 Å². The van der Waals surface area contributed by atoms with Crippen LogP contribution in [0.1, 0.15) is 44.6 Å². The van der Waals surface area contributed by atoms with Gasteiger partial charge in [-0.2, -0.15) is 0 Å². The van der Waals surface area contributed by atoms with Crippen molar-refractivity contribution in [3.63, 3.8) is 0 Å². The van der Waals surface area contributed by atoms with Gasteiger partial charge in [0.2, 0.25) is 0 Å². The summed E-state index contributed by atoms with van der Waals surface area (Å²) >= 11 is 0. The fourth-order valence-electron chi connectivity index (χ4n) is 4.05. The number of aliphatic hydroxyl groups excluding tert-OH is 1. The number of nitrogens with zero attached hydrogens (tertiary/aromatic N) is 1. The number of hydrogen-bond acceptors (Lipinski definition) is 3. The predicted octanol–water partition coefficient (Wildman–Crippen LogP) is 3.04. The molecule has 1 aromatic rings. The molecule has 1 aliphatic carbocycles. The summed E-state index contributed by atoms with van der Waals surface area (Å²) in [6.45, 7) is 6.11. The third-order valence-corrected chi connectivity index (χ3v) is 5.65. The second-order valence-electron chi connectivity index (χ2n) is 7.56. The molecular weight excluding hydrogens is 284 g/mol. The van der Waals surface area contributed by atoms with Crippen molar-refractivity contribution in [2.24, 2.45) is 11.8 Å². The van der Waals surface area contributed by atoms with Crippen molar-refractivity contribution in [1.29, 1.82) is 0 Å². The van der Waals surface area contributed by atoms with Crippen molar-refractivity contribution in [2.45, 2.75) is 57.7 Å². The number of aliphatic hydroxyl groups is 1. The van der Waals surface area contributed by atoms with Crippen LogP contribution in [-0.2, 0) is 6.54 Å². The van der Waals surface area contributed by atoms with E-state index in [-0.39, 0.29) is 0 Å². The van der Waals surface area contributed by atoms with Gasteiger partial charge in [0, 0.05) is 38.3 Å². The van der Waals surface area contributed by atoms with Crippen LogP contribution in [0.25, 0.3) is 0 Å².